The van der Waals surface area contributed by atoms with Crippen molar-refractivity contribution in [3.63, 3.8) is 0 Å². The van der Waals surface area contributed by atoms with E-state index in [1.54, 1.807) is 4.90 Å². The summed E-state index contributed by atoms with van der Waals surface area (Å²) in [5.74, 6) is 0.0492. The number of hydrogen-bond donors (Lipinski definition) is 2. The molecule has 2 N–H and O–H groups in total. The summed E-state index contributed by atoms with van der Waals surface area (Å²) in [4.78, 5) is 17.5. The van der Waals surface area contributed by atoms with Crippen molar-refractivity contribution < 1.29 is 9.90 Å². The maximum Gasteiger partial charge on any atom is 0.239 e. The lowest BCUT2D eigenvalue weighted by atomic mass is 10.4. The zero-order chi connectivity index (χ0) is 13.5. The lowest BCUT2D eigenvalue weighted by molar-refractivity contribution is -0.117. The molecule has 1 aromatic heterocycles. The van der Waals surface area contributed by atoms with Crippen molar-refractivity contribution in [2.75, 3.05) is 31.6 Å². The minimum atomic E-state index is -0.234. The molecule has 18 heavy (non-hydrogen) atoms. The van der Waals surface area contributed by atoms with Crippen LogP contribution in [-0.4, -0.2) is 47.1 Å². The number of amides is 1. The van der Waals surface area contributed by atoms with Crippen LogP contribution >= 0.6 is 23.2 Å². The smallest absolute Gasteiger partial charge is 0.239 e. The zero-order valence-corrected chi connectivity index (χ0v) is 11.5. The second-order valence-corrected chi connectivity index (χ2v) is 4.47. The fourth-order valence-electron chi connectivity index (χ4n) is 1.37. The van der Waals surface area contributed by atoms with Gasteiger partial charge in [0.1, 0.15) is 0 Å². The van der Waals surface area contributed by atoms with Gasteiger partial charge in [-0.15, -0.1) is 0 Å². The van der Waals surface area contributed by atoms with E-state index in [9.17, 15) is 4.79 Å². The highest BCUT2D eigenvalue weighted by atomic mass is 35.5. The number of nitrogens with zero attached hydrogens (tertiary/aromatic N) is 2. The predicted molar refractivity (Wildman–Crippen MR) is 72.1 cm³/mol. The molecule has 0 saturated heterocycles. The maximum atomic E-state index is 11.7. The fourth-order valence-corrected chi connectivity index (χ4v) is 1.80. The third-order valence-electron chi connectivity index (χ3n) is 2.30. The lowest BCUT2D eigenvalue weighted by Gasteiger charge is -2.18. The highest BCUT2D eigenvalue weighted by Gasteiger charge is 2.11. The highest BCUT2D eigenvalue weighted by Crippen LogP contribution is 2.22. The van der Waals surface area contributed by atoms with Crippen molar-refractivity contribution in [2.45, 2.75) is 6.92 Å². The molecule has 0 unspecified atom stereocenters. The SMILES string of the molecule is CCN(CCO)CC(=O)Nc1ncc(Cl)cc1Cl. The van der Waals surface area contributed by atoms with Crippen molar-refractivity contribution in [3.05, 3.63) is 22.3 Å². The number of rotatable bonds is 6. The van der Waals surface area contributed by atoms with Gasteiger partial charge in [-0.2, -0.15) is 0 Å². The maximum absolute atomic E-state index is 11.7. The van der Waals surface area contributed by atoms with Crippen LogP contribution in [-0.2, 0) is 4.79 Å². The van der Waals surface area contributed by atoms with E-state index in [4.69, 9.17) is 28.3 Å². The summed E-state index contributed by atoms with van der Waals surface area (Å²) >= 11 is 11.6. The van der Waals surface area contributed by atoms with Gasteiger partial charge in [0, 0.05) is 12.7 Å². The molecule has 0 aromatic carbocycles. The Labute approximate surface area is 116 Å². The molecular weight excluding hydrogens is 277 g/mol. The van der Waals surface area contributed by atoms with E-state index in [0.717, 1.165) is 0 Å². The monoisotopic (exact) mass is 291 g/mol. The Kier molecular flexibility index (Phi) is 6.35. The first-order valence-corrected chi connectivity index (χ1v) is 6.26. The summed E-state index contributed by atoms with van der Waals surface area (Å²) in [5, 5.41) is 12.1. The summed E-state index contributed by atoms with van der Waals surface area (Å²) in [6.45, 7) is 3.23. The van der Waals surface area contributed by atoms with E-state index in [1.165, 1.54) is 12.3 Å². The van der Waals surface area contributed by atoms with Crippen LogP contribution in [0, 0.1) is 0 Å². The second kappa shape index (κ2) is 7.53. The number of hydrogen-bond acceptors (Lipinski definition) is 4. The van der Waals surface area contributed by atoms with E-state index in [2.05, 4.69) is 10.3 Å². The Morgan fingerprint density at radius 1 is 1.56 bits per heavy atom. The van der Waals surface area contributed by atoms with Gasteiger partial charge >= 0.3 is 0 Å². The quantitative estimate of drug-likeness (QED) is 0.836. The first kappa shape index (κ1) is 15.2. The van der Waals surface area contributed by atoms with Gasteiger partial charge < -0.3 is 10.4 Å². The largest absolute Gasteiger partial charge is 0.395 e. The van der Waals surface area contributed by atoms with E-state index in [-0.39, 0.29) is 24.9 Å². The Hall–Kier alpha value is -0.880. The van der Waals surface area contributed by atoms with Gasteiger partial charge in [0.15, 0.2) is 5.82 Å². The summed E-state index contributed by atoms with van der Waals surface area (Å²) in [7, 11) is 0. The van der Waals surface area contributed by atoms with Crippen LogP contribution in [0.15, 0.2) is 12.3 Å². The Balaban J connectivity index is 2.58. The standard InChI is InChI=1S/C11H15Cl2N3O2/c1-2-16(3-4-17)7-10(18)15-11-9(13)5-8(12)6-14-11/h5-6,17H,2-4,7H2,1H3,(H,14,15,18). The molecule has 0 fully saturated rings. The number of pyridine rings is 1. The molecule has 1 heterocycles. The van der Waals surface area contributed by atoms with Crippen LogP contribution in [0.3, 0.4) is 0 Å². The molecule has 1 rings (SSSR count). The third kappa shape index (κ3) is 4.78. The van der Waals surface area contributed by atoms with Gasteiger partial charge in [-0.3, -0.25) is 9.69 Å². The van der Waals surface area contributed by atoms with Gasteiger partial charge in [-0.1, -0.05) is 30.1 Å². The molecule has 7 heteroatoms. The lowest BCUT2D eigenvalue weighted by Crippen LogP contribution is -2.35. The minimum Gasteiger partial charge on any atom is -0.395 e. The molecule has 1 amide bonds. The van der Waals surface area contributed by atoms with Crippen LogP contribution in [0.4, 0.5) is 5.82 Å². The topological polar surface area (TPSA) is 65.5 Å². The van der Waals surface area contributed by atoms with Gasteiger partial charge in [-0.05, 0) is 12.6 Å². The van der Waals surface area contributed by atoms with Crippen LogP contribution in [0.1, 0.15) is 6.92 Å². The van der Waals surface area contributed by atoms with Gasteiger partial charge in [-0.25, -0.2) is 4.98 Å². The van der Waals surface area contributed by atoms with E-state index < -0.39 is 0 Å². The Morgan fingerprint density at radius 3 is 2.83 bits per heavy atom. The third-order valence-corrected chi connectivity index (χ3v) is 2.79. The molecule has 0 bridgehead atoms. The van der Waals surface area contributed by atoms with Crippen molar-refractivity contribution in [2.24, 2.45) is 0 Å². The number of aliphatic hydroxyl groups excluding tert-OH is 1. The van der Waals surface area contributed by atoms with Gasteiger partial charge in [0.05, 0.1) is 23.2 Å². The van der Waals surface area contributed by atoms with Gasteiger partial charge in [0.2, 0.25) is 5.91 Å². The van der Waals surface area contributed by atoms with Crippen molar-refractivity contribution in [1.82, 2.24) is 9.88 Å². The minimum absolute atomic E-state index is 0.0150. The normalized spacial score (nSPS) is 10.7. The average molecular weight is 292 g/mol. The molecule has 0 aliphatic rings. The molecule has 0 aliphatic heterocycles. The number of halogens is 2. The molecular formula is C11H15Cl2N3O2. The van der Waals surface area contributed by atoms with Crippen LogP contribution in [0.25, 0.3) is 0 Å². The Bertz CT molecular complexity index is 415. The second-order valence-electron chi connectivity index (χ2n) is 3.62. The van der Waals surface area contributed by atoms with Crippen LogP contribution < -0.4 is 5.32 Å². The van der Waals surface area contributed by atoms with Crippen molar-refractivity contribution in [1.29, 1.82) is 0 Å². The summed E-state index contributed by atoms with van der Waals surface area (Å²) in [6.07, 6.45) is 1.41. The summed E-state index contributed by atoms with van der Waals surface area (Å²) in [5.41, 5.74) is 0. The predicted octanol–water partition coefficient (Wildman–Crippen LogP) is 1.64. The molecule has 100 valence electrons. The Morgan fingerprint density at radius 2 is 2.28 bits per heavy atom. The number of likely N-dealkylation sites (N-methyl/N-ethyl adjacent to an activating group) is 1. The number of nitrogens with one attached hydrogen (secondary N) is 1. The molecule has 0 aliphatic carbocycles. The zero-order valence-electron chi connectivity index (χ0n) is 9.99. The number of carbonyl (C=O) groups excluding carboxylic acids is 1. The summed E-state index contributed by atoms with van der Waals surface area (Å²) < 4.78 is 0. The average Bonchev–Trinajstić information content (AvgIpc) is 2.32. The van der Waals surface area contributed by atoms with Crippen molar-refractivity contribution in [3.8, 4) is 0 Å². The molecule has 0 saturated carbocycles. The molecule has 0 spiro atoms. The number of carbonyl (C=O) groups is 1. The summed E-state index contributed by atoms with van der Waals surface area (Å²) in [6, 6.07) is 1.51. The van der Waals surface area contributed by atoms with Crippen LogP contribution in [0.2, 0.25) is 10.0 Å². The van der Waals surface area contributed by atoms with Gasteiger partial charge in [0.25, 0.3) is 0 Å². The van der Waals surface area contributed by atoms with E-state index in [0.29, 0.717) is 23.1 Å². The molecule has 1 aromatic rings. The highest BCUT2D eigenvalue weighted by molar-refractivity contribution is 6.36. The molecule has 5 nitrogen and oxygen atoms in total. The molecule has 0 atom stereocenters. The number of anilines is 1. The number of aromatic nitrogens is 1. The molecule has 0 radical (unpaired) electrons. The first-order chi connectivity index (χ1) is 8.56. The fraction of sp³-hybridized carbons (Fsp3) is 0.455. The number of aliphatic hydroxyl groups is 1. The first-order valence-electron chi connectivity index (χ1n) is 5.51. The van der Waals surface area contributed by atoms with E-state index >= 15 is 0 Å². The van der Waals surface area contributed by atoms with Crippen molar-refractivity contribution >= 4 is 34.9 Å². The van der Waals surface area contributed by atoms with Crippen LogP contribution in [0.5, 0.6) is 0 Å². The van der Waals surface area contributed by atoms with E-state index in [1.807, 2.05) is 6.92 Å².